The molecule has 0 aromatic carbocycles. The number of hydrogen-bond donors (Lipinski definition) is 23. The number of carboxylic acid groups (broad SMARTS) is 1. The molecule has 0 aliphatic carbocycles. The minimum atomic E-state index is -1.88. The van der Waals surface area contributed by atoms with Gasteiger partial charge in [0.1, 0.15) is 90.6 Å². The first-order valence-electron chi connectivity index (χ1n) is 39.5. The molecule has 49 heteroatoms. The molecular formula is C72H110N26O19S4. The predicted molar refractivity (Wildman–Crippen MR) is 442 cm³/mol. The number of carbonyl (C=O) groups is 17. The Morgan fingerprint density at radius 3 is 1.40 bits per heavy atom. The van der Waals surface area contributed by atoms with Gasteiger partial charge in [0.25, 0.3) is 0 Å². The zero-order chi connectivity index (χ0) is 88.7. The van der Waals surface area contributed by atoms with E-state index < -0.39 is 264 Å². The number of rotatable bonds is 21. The molecule has 4 aliphatic rings. The fraction of sp³-hybridized carbons (Fsp3) is 0.625. The number of amides is 16. The number of hydrogen-bond acceptors (Lipinski definition) is 27. The zero-order valence-electron chi connectivity index (χ0n) is 67.6. The van der Waals surface area contributed by atoms with Gasteiger partial charge >= 0.3 is 5.97 Å². The van der Waals surface area contributed by atoms with E-state index in [0.717, 1.165) is 48.1 Å². The summed E-state index contributed by atoms with van der Waals surface area (Å²) in [5, 5.41) is 65.1. The Bertz CT molecular complexity index is 4110. The van der Waals surface area contributed by atoms with Crippen LogP contribution in [0.1, 0.15) is 116 Å². The summed E-state index contributed by atoms with van der Waals surface area (Å²) in [5.74, 6) is -21.5. The highest BCUT2D eigenvalue weighted by molar-refractivity contribution is 8.77. The van der Waals surface area contributed by atoms with Gasteiger partial charge in [0, 0.05) is 104 Å². The molecule has 0 radical (unpaired) electrons. The second kappa shape index (κ2) is 48.0. The molecule has 26 N–H and O–H groups in total. The van der Waals surface area contributed by atoms with Crippen molar-refractivity contribution in [3.8, 4) is 0 Å². The highest BCUT2D eigenvalue weighted by Gasteiger charge is 2.45. The van der Waals surface area contributed by atoms with Gasteiger partial charge in [-0.2, -0.15) is 0 Å². The van der Waals surface area contributed by atoms with Gasteiger partial charge in [-0.1, -0.05) is 91.1 Å². The van der Waals surface area contributed by atoms with Gasteiger partial charge < -0.3 is 127 Å². The average Bonchev–Trinajstić information content (AvgIpc) is 1.73. The summed E-state index contributed by atoms with van der Waals surface area (Å²) in [6, 6.07) is -23.7. The lowest BCUT2D eigenvalue weighted by atomic mass is 9.97. The van der Waals surface area contributed by atoms with Crippen molar-refractivity contribution < 1.29 is 91.7 Å². The summed E-state index contributed by atoms with van der Waals surface area (Å²) in [4.78, 5) is 270. The van der Waals surface area contributed by atoms with Crippen LogP contribution in [0.4, 0.5) is 0 Å². The van der Waals surface area contributed by atoms with Crippen LogP contribution in [0.15, 0.2) is 37.6 Å². The normalized spacial score (nSPS) is 27.0. The summed E-state index contributed by atoms with van der Waals surface area (Å²) >= 11 is 0. The quantitative estimate of drug-likeness (QED) is 0.0204. The standard InChI is InChI=1S/C72H110N26O19S4/c1-7-36(6)56-69(115)91-46(57(74)103)27-118-120-29-48-64(110)90-45(26-99)61(107)89-44(21-39-25-79-33-83-39)71(117)98-18-10-13-51(98)66(112)95-55(35(4)5)68(114)93-49(30-121-119-28-47(62(108)92-48)84-52(100)22-73)63(109)87-42(19-37-23-77-31-81-37)60(106)94-54(34(2)3)67(113)86-40(11-8-16-80-72(75)76)58(104)88-43(20-38-24-78-32-82-38)70(116)97-17-9-12-50(97)65(111)85-41(59(105)96-56)14-15-53(101)102/h23-25,31-36,40-51,54-56,99H,7-22,26-30,73H2,1-6H3,(H2,74,103)(H,77,81)(H,78,82)(H,79,83)(H,84,100)(H,85,111)(H,86,113)(H,87,109)(H,88,104)(H,89,107)(H,90,110)(H,91,115)(H,92,108)(H,93,114)(H,94,106)(H,95,112)(H,96,105)(H,101,102)(H4,75,76,80)/t36-,40-,41-,42-,43-,44-,45-,46-,47-,48-,49-,50-,51-,54-,55-,56-/m0/s1. The molecule has 16 amide bonds. The number of aliphatic hydroxyl groups excluding tert-OH is 1. The van der Waals surface area contributed by atoms with Crippen molar-refractivity contribution in [2.75, 3.05) is 55.8 Å². The van der Waals surface area contributed by atoms with E-state index in [4.69, 9.17) is 22.6 Å². The molecule has 45 nitrogen and oxygen atoms in total. The second-order valence-electron chi connectivity index (χ2n) is 30.1. The van der Waals surface area contributed by atoms with Gasteiger partial charge in [0.05, 0.1) is 32.1 Å². The monoisotopic (exact) mass is 1770 g/mol. The van der Waals surface area contributed by atoms with E-state index in [1.807, 2.05) is 0 Å². The molecule has 16 atom stereocenters. The highest BCUT2D eigenvalue weighted by atomic mass is 33.1. The molecule has 7 rings (SSSR count). The van der Waals surface area contributed by atoms with Crippen LogP contribution in [0.25, 0.3) is 0 Å². The number of primary amides is 1. The molecule has 2 bridgehead atoms. The zero-order valence-corrected chi connectivity index (χ0v) is 70.9. The summed E-state index contributed by atoms with van der Waals surface area (Å²) in [6.07, 6.45) is 6.31. The number of imidazole rings is 3. The smallest absolute Gasteiger partial charge is 0.303 e. The van der Waals surface area contributed by atoms with E-state index in [-0.39, 0.29) is 89.5 Å². The molecule has 0 unspecified atom stereocenters. The van der Waals surface area contributed by atoms with E-state index in [0.29, 0.717) is 11.4 Å². The van der Waals surface area contributed by atoms with Crippen molar-refractivity contribution >= 4 is 150 Å². The topological polar surface area (TPSA) is 693 Å². The largest absolute Gasteiger partial charge is 0.481 e. The van der Waals surface area contributed by atoms with Crippen LogP contribution in [-0.4, -0.2) is 303 Å². The molecule has 4 saturated heterocycles. The van der Waals surface area contributed by atoms with Crippen LogP contribution in [0.5, 0.6) is 0 Å². The minimum Gasteiger partial charge on any atom is -0.481 e. The first kappa shape index (κ1) is 97.3. The molecule has 121 heavy (non-hydrogen) atoms. The number of nitrogens with zero attached hydrogens (tertiary/aromatic N) is 5. The number of aromatic nitrogens is 6. The van der Waals surface area contributed by atoms with E-state index in [1.54, 1.807) is 41.5 Å². The van der Waals surface area contributed by atoms with Crippen molar-refractivity contribution in [3.63, 3.8) is 0 Å². The second-order valence-corrected chi connectivity index (χ2v) is 35.2. The Balaban J connectivity index is 1.35. The predicted octanol–water partition coefficient (Wildman–Crippen LogP) is -7.12. The summed E-state index contributed by atoms with van der Waals surface area (Å²) in [6.45, 7) is 7.62. The maximum Gasteiger partial charge on any atom is 0.303 e. The third-order valence-electron chi connectivity index (χ3n) is 20.3. The lowest BCUT2D eigenvalue weighted by Gasteiger charge is -2.32. The number of nitrogens with one attached hydrogen (secondary N) is 18. The van der Waals surface area contributed by atoms with Crippen molar-refractivity contribution in [1.29, 1.82) is 5.41 Å². The Morgan fingerprint density at radius 2 is 0.926 bits per heavy atom. The van der Waals surface area contributed by atoms with Crippen molar-refractivity contribution in [2.24, 2.45) is 35.0 Å². The number of carbonyl (C=O) groups excluding carboxylic acids is 16. The summed E-state index contributed by atoms with van der Waals surface area (Å²) in [5.41, 5.74) is 18.1. The number of guanidine groups is 1. The molecule has 4 aliphatic heterocycles. The average molecular weight is 1770 g/mol. The molecular weight excluding hydrogens is 1660 g/mol. The van der Waals surface area contributed by atoms with E-state index in [1.165, 1.54) is 42.5 Å². The Morgan fingerprint density at radius 1 is 0.512 bits per heavy atom. The van der Waals surface area contributed by atoms with Crippen LogP contribution < -0.4 is 91.6 Å². The number of carboxylic acids is 1. The van der Waals surface area contributed by atoms with Gasteiger partial charge in [0.15, 0.2) is 5.96 Å². The van der Waals surface area contributed by atoms with Crippen LogP contribution in [0.3, 0.4) is 0 Å². The lowest BCUT2D eigenvalue weighted by molar-refractivity contribution is -0.143. The van der Waals surface area contributed by atoms with E-state index in [2.05, 4.69) is 104 Å². The Labute approximate surface area is 711 Å². The molecule has 0 saturated carbocycles. The molecule has 7 heterocycles. The third kappa shape index (κ3) is 29.5. The fourth-order valence-corrected chi connectivity index (χ4v) is 18.1. The summed E-state index contributed by atoms with van der Waals surface area (Å²) < 4.78 is 0. The minimum absolute atomic E-state index is 0.00901. The number of H-pyrrole nitrogens is 3. The number of aliphatic carboxylic acids is 1. The van der Waals surface area contributed by atoms with Crippen LogP contribution >= 0.6 is 43.2 Å². The Kier molecular flexibility index (Phi) is 38.6. The van der Waals surface area contributed by atoms with Gasteiger partial charge in [-0.25, -0.2) is 15.0 Å². The van der Waals surface area contributed by atoms with Gasteiger partial charge in [-0.3, -0.25) is 86.9 Å². The Hall–Kier alpha value is -10.8. The number of fused-ring (bicyclic) bond motifs is 10. The first-order chi connectivity index (χ1) is 57.6. The van der Waals surface area contributed by atoms with E-state index >= 15 is 19.2 Å². The number of aliphatic hydroxyl groups is 1. The van der Waals surface area contributed by atoms with Crippen LogP contribution in [0, 0.1) is 23.2 Å². The van der Waals surface area contributed by atoms with Crippen LogP contribution in [-0.2, 0) is 101 Å². The maximum absolute atomic E-state index is 15.3. The SMILES string of the molecule is CC[C@H](C)[C@@H]1NC(=O)[C@H](CCC(=O)O)NC(=O)[C@@H]2CCCN2C(=O)[C@H](Cc2cnc[nH]2)NC(=O)[C@H](CCCNC(=N)N)NC(=O)[C@H](C(C)C)NC(=O)[C@H](Cc2cnc[nH]2)NC(=O)[C@@H]2CSSC[C@H](NC(=O)CN)C(=O)N[C@@H](CSSC[C@@H](C(N)=O)NC1=O)C(=O)N[C@@H](CO)C(=O)N[C@@H](Cc1cnc[nH]1)C(=O)N1CCC[C@H]1C(=O)N[C@@H](C(C)C)C(=O)N2. The lowest BCUT2D eigenvalue weighted by Crippen LogP contribution is -2.62. The molecule has 3 aromatic rings. The molecule has 4 fully saturated rings. The fourth-order valence-electron chi connectivity index (χ4n) is 13.4. The maximum atomic E-state index is 15.3. The molecule has 3 aromatic heterocycles. The first-order valence-corrected chi connectivity index (χ1v) is 44.4. The molecule has 666 valence electrons. The number of nitrogens with two attached hydrogens (primary N) is 3. The van der Waals surface area contributed by atoms with Gasteiger partial charge in [-0.15, -0.1) is 0 Å². The van der Waals surface area contributed by atoms with Crippen LogP contribution in [0.2, 0.25) is 0 Å². The van der Waals surface area contributed by atoms with E-state index in [9.17, 15) is 72.5 Å². The number of aromatic amines is 3. The van der Waals surface area contributed by atoms with Crippen molar-refractivity contribution in [2.45, 2.75) is 209 Å². The van der Waals surface area contributed by atoms with Gasteiger partial charge in [0.2, 0.25) is 94.5 Å². The van der Waals surface area contributed by atoms with Gasteiger partial charge in [-0.05, 0) is 62.7 Å². The third-order valence-corrected chi connectivity index (χ3v) is 25.2. The van der Waals surface area contributed by atoms with Crippen molar-refractivity contribution in [3.05, 3.63) is 54.7 Å². The molecule has 0 spiro atoms. The van der Waals surface area contributed by atoms with Crippen molar-refractivity contribution in [1.82, 2.24) is 114 Å². The highest BCUT2D eigenvalue weighted by Crippen LogP contribution is 2.28. The summed E-state index contributed by atoms with van der Waals surface area (Å²) in [7, 11) is 3.34.